The number of hydrogen-bond donors (Lipinski definition) is 4. The van der Waals surface area contributed by atoms with Crippen molar-refractivity contribution in [2.24, 2.45) is 5.10 Å². The van der Waals surface area contributed by atoms with Gasteiger partial charge in [-0.1, -0.05) is 30.3 Å². The number of carbonyl (C=O) groups is 1. The Kier molecular flexibility index (Phi) is 3.86. The Morgan fingerprint density at radius 2 is 1.74 bits per heavy atom. The molecule has 0 radical (unpaired) electrons. The Morgan fingerprint density at radius 3 is 2.39 bits per heavy atom. The summed E-state index contributed by atoms with van der Waals surface area (Å²) in [5.41, 5.74) is 3.04. The summed E-state index contributed by atoms with van der Waals surface area (Å²) in [4.78, 5) is 11.9. The summed E-state index contributed by atoms with van der Waals surface area (Å²) in [5, 5.41) is 34.2. The lowest BCUT2D eigenvalue weighted by Crippen LogP contribution is -2.35. The highest BCUT2D eigenvalue weighted by Gasteiger charge is 2.35. The maximum absolute atomic E-state index is 11.9. The van der Waals surface area contributed by atoms with Gasteiger partial charge >= 0.3 is 6.03 Å². The molecule has 1 heterocycles. The second-order valence-corrected chi connectivity index (χ2v) is 5.10. The zero-order valence-electron chi connectivity index (χ0n) is 12.0. The third-order valence-electron chi connectivity index (χ3n) is 3.72. The number of rotatable bonds is 2. The molecule has 2 aromatic carbocycles. The van der Waals surface area contributed by atoms with E-state index in [9.17, 15) is 15.0 Å². The summed E-state index contributed by atoms with van der Waals surface area (Å²) in [6.07, 6.45) is 0.294. The Balaban J connectivity index is 2.02. The quantitative estimate of drug-likeness (QED) is 0.504. The number of aromatic hydroxyl groups is 2. The zero-order valence-corrected chi connectivity index (χ0v) is 12.0. The first-order chi connectivity index (χ1) is 11.1. The van der Waals surface area contributed by atoms with Crippen LogP contribution in [0.25, 0.3) is 0 Å². The van der Waals surface area contributed by atoms with E-state index in [0.717, 1.165) is 5.01 Å². The fraction of sp³-hybridized carbons (Fsp3) is 0.125. The molecular weight excluding hydrogens is 298 g/mol. The minimum absolute atomic E-state index is 0.0296. The van der Waals surface area contributed by atoms with Crippen molar-refractivity contribution in [3.05, 3.63) is 59.7 Å². The van der Waals surface area contributed by atoms with Crippen LogP contribution in [0, 0.1) is 0 Å². The number of para-hydroxylation sites is 2. The van der Waals surface area contributed by atoms with Crippen molar-refractivity contribution in [3.63, 3.8) is 0 Å². The molecule has 4 N–H and O–H groups in total. The molecule has 0 unspecified atom stereocenters. The van der Waals surface area contributed by atoms with Gasteiger partial charge in [0.25, 0.3) is 0 Å². The van der Waals surface area contributed by atoms with Crippen molar-refractivity contribution >= 4 is 11.7 Å². The van der Waals surface area contributed by atoms with Crippen molar-refractivity contribution in [1.82, 2.24) is 10.5 Å². The van der Waals surface area contributed by atoms with Gasteiger partial charge in [0.05, 0.1) is 11.8 Å². The molecule has 118 valence electrons. The third-order valence-corrected chi connectivity index (χ3v) is 3.72. The number of phenolic OH excluding ortho intramolecular Hbond substituents is 2. The SMILES string of the molecule is O=C(NO)N1N=C(c2ccccc2O)C[C@H]1c1ccccc1O. The van der Waals surface area contributed by atoms with Crippen LogP contribution in [0.2, 0.25) is 0 Å². The van der Waals surface area contributed by atoms with Crippen molar-refractivity contribution in [1.29, 1.82) is 0 Å². The number of amides is 2. The van der Waals surface area contributed by atoms with Crippen LogP contribution >= 0.6 is 0 Å². The van der Waals surface area contributed by atoms with E-state index >= 15 is 0 Å². The van der Waals surface area contributed by atoms with Crippen molar-refractivity contribution in [2.45, 2.75) is 12.5 Å². The molecule has 0 saturated carbocycles. The highest BCUT2D eigenvalue weighted by molar-refractivity contribution is 6.05. The van der Waals surface area contributed by atoms with Crippen LogP contribution in [-0.2, 0) is 0 Å². The summed E-state index contributed by atoms with van der Waals surface area (Å²) in [7, 11) is 0. The van der Waals surface area contributed by atoms with Gasteiger partial charge in [0.1, 0.15) is 11.5 Å². The summed E-state index contributed by atoms with van der Waals surface area (Å²) in [6, 6.07) is 11.9. The lowest BCUT2D eigenvalue weighted by atomic mass is 9.97. The summed E-state index contributed by atoms with van der Waals surface area (Å²) in [5.74, 6) is 0.0792. The standard InChI is InChI=1S/C16H15N3O4/c20-14-7-3-1-5-10(14)12-9-13(19(17-12)16(22)18-23)11-6-2-4-8-15(11)21/h1-8,13,20-21,23H,9H2,(H,18,22)/t13-/m0/s1. The van der Waals surface area contributed by atoms with E-state index in [4.69, 9.17) is 5.21 Å². The highest BCUT2D eigenvalue weighted by atomic mass is 16.5. The molecule has 0 aromatic heterocycles. The van der Waals surface area contributed by atoms with Crippen LogP contribution in [0.4, 0.5) is 4.79 Å². The summed E-state index contributed by atoms with van der Waals surface area (Å²) < 4.78 is 0. The van der Waals surface area contributed by atoms with E-state index in [2.05, 4.69) is 5.10 Å². The minimum Gasteiger partial charge on any atom is -0.508 e. The number of hydroxylamine groups is 1. The maximum Gasteiger partial charge on any atom is 0.362 e. The molecule has 23 heavy (non-hydrogen) atoms. The van der Waals surface area contributed by atoms with E-state index < -0.39 is 12.1 Å². The summed E-state index contributed by atoms with van der Waals surface area (Å²) in [6.45, 7) is 0. The van der Waals surface area contributed by atoms with Gasteiger partial charge < -0.3 is 10.2 Å². The van der Waals surface area contributed by atoms with Gasteiger partial charge in [0.15, 0.2) is 0 Å². The van der Waals surface area contributed by atoms with Crippen LogP contribution < -0.4 is 5.48 Å². The first-order valence-electron chi connectivity index (χ1n) is 6.99. The molecule has 0 bridgehead atoms. The molecule has 0 fully saturated rings. The highest BCUT2D eigenvalue weighted by Crippen LogP contribution is 2.37. The van der Waals surface area contributed by atoms with Crippen LogP contribution in [-0.4, -0.2) is 32.2 Å². The number of urea groups is 1. The number of hydrogen-bond acceptors (Lipinski definition) is 5. The molecule has 0 aliphatic carbocycles. The lowest BCUT2D eigenvalue weighted by molar-refractivity contribution is 0.121. The van der Waals surface area contributed by atoms with Gasteiger partial charge in [0, 0.05) is 17.5 Å². The van der Waals surface area contributed by atoms with E-state index in [1.165, 1.54) is 12.1 Å². The van der Waals surface area contributed by atoms with Gasteiger partial charge in [0.2, 0.25) is 0 Å². The number of nitrogens with one attached hydrogen (secondary N) is 1. The number of carbonyl (C=O) groups excluding carboxylic acids is 1. The van der Waals surface area contributed by atoms with Gasteiger partial charge in [-0.2, -0.15) is 5.10 Å². The fourth-order valence-electron chi connectivity index (χ4n) is 2.64. The topological polar surface area (TPSA) is 105 Å². The average Bonchev–Trinajstić information content (AvgIpc) is 3.00. The maximum atomic E-state index is 11.9. The molecule has 0 saturated heterocycles. The Bertz CT molecular complexity index is 775. The molecule has 3 rings (SSSR count). The molecule has 7 nitrogen and oxygen atoms in total. The van der Waals surface area contributed by atoms with Gasteiger partial charge in [-0.25, -0.2) is 15.3 Å². The molecule has 1 atom stereocenters. The largest absolute Gasteiger partial charge is 0.508 e. The van der Waals surface area contributed by atoms with Gasteiger partial charge in [-0.05, 0) is 18.2 Å². The normalized spacial score (nSPS) is 17.0. The van der Waals surface area contributed by atoms with E-state index in [-0.39, 0.29) is 11.5 Å². The van der Waals surface area contributed by atoms with Crippen molar-refractivity contribution < 1.29 is 20.2 Å². The Labute approximate surface area is 132 Å². The van der Waals surface area contributed by atoms with E-state index in [1.807, 2.05) is 0 Å². The molecule has 0 spiro atoms. The smallest absolute Gasteiger partial charge is 0.362 e. The lowest BCUT2D eigenvalue weighted by Gasteiger charge is -2.21. The fourth-order valence-corrected chi connectivity index (χ4v) is 2.64. The number of nitrogens with zero attached hydrogens (tertiary/aromatic N) is 2. The second kappa shape index (κ2) is 5.98. The van der Waals surface area contributed by atoms with Crippen molar-refractivity contribution in [2.75, 3.05) is 0 Å². The number of hydrazone groups is 1. The van der Waals surface area contributed by atoms with Crippen molar-refractivity contribution in [3.8, 4) is 11.5 Å². The third kappa shape index (κ3) is 2.69. The first kappa shape index (κ1) is 14.9. The molecule has 1 aliphatic rings. The van der Waals surface area contributed by atoms with Gasteiger partial charge in [-0.3, -0.25) is 5.21 Å². The molecular formula is C16H15N3O4. The van der Waals surface area contributed by atoms with Crippen LogP contribution in [0.5, 0.6) is 11.5 Å². The first-order valence-corrected chi connectivity index (χ1v) is 6.99. The zero-order chi connectivity index (χ0) is 16.4. The monoisotopic (exact) mass is 313 g/mol. The Morgan fingerprint density at radius 1 is 1.09 bits per heavy atom. The van der Waals surface area contributed by atoms with Gasteiger partial charge in [-0.15, -0.1) is 0 Å². The Hall–Kier alpha value is -3.06. The second-order valence-electron chi connectivity index (χ2n) is 5.10. The molecule has 7 heteroatoms. The molecule has 1 aliphatic heterocycles. The van der Waals surface area contributed by atoms with E-state index in [1.54, 1.807) is 41.9 Å². The minimum atomic E-state index is -0.816. The number of phenols is 2. The predicted octanol–water partition coefficient (Wildman–Crippen LogP) is 2.35. The van der Waals surface area contributed by atoms with Crippen LogP contribution in [0.1, 0.15) is 23.6 Å². The van der Waals surface area contributed by atoms with Crippen LogP contribution in [0.15, 0.2) is 53.6 Å². The summed E-state index contributed by atoms with van der Waals surface area (Å²) >= 11 is 0. The number of benzene rings is 2. The average molecular weight is 313 g/mol. The van der Waals surface area contributed by atoms with Crippen LogP contribution in [0.3, 0.4) is 0 Å². The molecule has 2 aromatic rings. The molecule has 2 amide bonds. The van der Waals surface area contributed by atoms with E-state index in [0.29, 0.717) is 23.3 Å². The predicted molar refractivity (Wildman–Crippen MR) is 82.3 cm³/mol.